The lowest BCUT2D eigenvalue weighted by Gasteiger charge is -2.20. The first-order valence-electron chi connectivity index (χ1n) is 5.30. The number of hydrogen-bond donors (Lipinski definition) is 3. The van der Waals surface area contributed by atoms with Gasteiger partial charge in [0.05, 0.1) is 6.10 Å². The number of aliphatic hydroxyl groups is 1. The van der Waals surface area contributed by atoms with Gasteiger partial charge in [-0.05, 0) is 26.0 Å². The van der Waals surface area contributed by atoms with Gasteiger partial charge in [0.25, 0.3) is 0 Å². The second-order valence-corrected chi connectivity index (χ2v) is 4.07. The van der Waals surface area contributed by atoms with E-state index < -0.39 is 6.10 Å². The monoisotopic (exact) mass is 238 g/mol. The summed E-state index contributed by atoms with van der Waals surface area (Å²) in [6.07, 6.45) is -0.449. The van der Waals surface area contributed by atoms with Crippen LogP contribution in [-0.2, 0) is 0 Å². The second kappa shape index (κ2) is 5.49. The first kappa shape index (κ1) is 13.2. The Bertz CT molecular complexity index is 418. The third kappa shape index (κ3) is 3.60. The van der Waals surface area contributed by atoms with Gasteiger partial charge in [-0.3, -0.25) is 0 Å². The molecule has 0 amide bonds. The fourth-order valence-electron chi connectivity index (χ4n) is 1.54. The fourth-order valence-corrected chi connectivity index (χ4v) is 1.54. The van der Waals surface area contributed by atoms with Crippen molar-refractivity contribution in [2.75, 3.05) is 18.5 Å². The molecule has 1 unspecified atom stereocenters. The van der Waals surface area contributed by atoms with Gasteiger partial charge in [0.15, 0.2) is 5.84 Å². The van der Waals surface area contributed by atoms with E-state index in [0.29, 0.717) is 17.9 Å². The summed E-state index contributed by atoms with van der Waals surface area (Å²) in [7, 11) is 1.82. The summed E-state index contributed by atoms with van der Waals surface area (Å²) in [5.41, 5.74) is 6.91. The average Bonchev–Trinajstić information content (AvgIpc) is 2.26. The molecule has 1 atom stereocenters. The third-order valence-corrected chi connectivity index (χ3v) is 2.27. The van der Waals surface area contributed by atoms with Crippen molar-refractivity contribution in [3.05, 3.63) is 23.4 Å². The molecule has 4 N–H and O–H groups in total. The van der Waals surface area contributed by atoms with Crippen LogP contribution in [-0.4, -0.2) is 40.8 Å². The minimum Gasteiger partial charge on any atom is -0.409 e. The number of rotatable bonds is 4. The predicted octanol–water partition coefficient (Wildman–Crippen LogP) is 0.302. The Kier molecular flexibility index (Phi) is 4.28. The summed E-state index contributed by atoms with van der Waals surface area (Å²) < 4.78 is 0. The Hall–Kier alpha value is -1.82. The SMILES string of the molecule is Cc1cc(/C(N)=N/O)cc(N(C)CC(C)O)n1. The van der Waals surface area contributed by atoms with Crippen LogP contribution < -0.4 is 10.6 Å². The summed E-state index contributed by atoms with van der Waals surface area (Å²) in [5.74, 6) is 0.717. The Balaban J connectivity index is 3.05. The van der Waals surface area contributed by atoms with E-state index in [9.17, 15) is 5.11 Å². The molecule has 0 saturated heterocycles. The fraction of sp³-hybridized carbons (Fsp3) is 0.455. The molecule has 17 heavy (non-hydrogen) atoms. The molecule has 6 heteroatoms. The van der Waals surface area contributed by atoms with E-state index >= 15 is 0 Å². The van der Waals surface area contributed by atoms with Crippen LogP contribution >= 0.6 is 0 Å². The number of nitrogens with two attached hydrogens (primary N) is 1. The lowest BCUT2D eigenvalue weighted by molar-refractivity contribution is 0.201. The number of amidine groups is 1. The Morgan fingerprint density at radius 2 is 2.24 bits per heavy atom. The molecule has 0 bridgehead atoms. The van der Waals surface area contributed by atoms with Gasteiger partial charge in [-0.2, -0.15) is 0 Å². The number of oxime groups is 1. The predicted molar refractivity (Wildman–Crippen MR) is 66.4 cm³/mol. The zero-order valence-corrected chi connectivity index (χ0v) is 10.3. The number of aryl methyl sites for hydroxylation is 1. The highest BCUT2D eigenvalue weighted by Crippen LogP contribution is 2.14. The number of anilines is 1. The van der Waals surface area contributed by atoms with Crippen molar-refractivity contribution in [3.63, 3.8) is 0 Å². The van der Waals surface area contributed by atoms with Gasteiger partial charge in [0.1, 0.15) is 5.82 Å². The maximum absolute atomic E-state index is 9.32. The minimum absolute atomic E-state index is 0.0437. The van der Waals surface area contributed by atoms with Gasteiger partial charge in [0, 0.05) is 24.8 Å². The largest absolute Gasteiger partial charge is 0.409 e. The highest BCUT2D eigenvalue weighted by molar-refractivity contribution is 5.97. The van der Waals surface area contributed by atoms with E-state index in [0.717, 1.165) is 5.69 Å². The van der Waals surface area contributed by atoms with Gasteiger partial charge in [-0.15, -0.1) is 0 Å². The molecular formula is C11H18N4O2. The van der Waals surface area contributed by atoms with Crippen LogP contribution in [0.25, 0.3) is 0 Å². The number of nitrogens with zero attached hydrogens (tertiary/aromatic N) is 3. The van der Waals surface area contributed by atoms with E-state index in [1.54, 1.807) is 19.1 Å². The van der Waals surface area contributed by atoms with Crippen molar-refractivity contribution in [2.45, 2.75) is 20.0 Å². The molecule has 0 aliphatic rings. The van der Waals surface area contributed by atoms with Crippen molar-refractivity contribution < 1.29 is 10.3 Å². The summed E-state index contributed by atoms with van der Waals surface area (Å²) in [5, 5.41) is 20.9. The van der Waals surface area contributed by atoms with Gasteiger partial charge in [-0.25, -0.2) is 4.98 Å². The van der Waals surface area contributed by atoms with Crippen LogP contribution in [0.5, 0.6) is 0 Å². The number of pyridine rings is 1. The van der Waals surface area contributed by atoms with Crippen molar-refractivity contribution in [1.29, 1.82) is 0 Å². The summed E-state index contributed by atoms with van der Waals surface area (Å²) in [6.45, 7) is 4.00. The van der Waals surface area contributed by atoms with E-state index in [2.05, 4.69) is 10.1 Å². The lowest BCUT2D eigenvalue weighted by Crippen LogP contribution is -2.28. The summed E-state index contributed by atoms with van der Waals surface area (Å²) in [4.78, 5) is 6.14. The molecule has 1 aromatic rings. The van der Waals surface area contributed by atoms with Crippen LogP contribution in [0, 0.1) is 6.92 Å². The average molecular weight is 238 g/mol. The second-order valence-electron chi connectivity index (χ2n) is 4.07. The van der Waals surface area contributed by atoms with E-state index in [4.69, 9.17) is 10.9 Å². The van der Waals surface area contributed by atoms with Crippen molar-refractivity contribution >= 4 is 11.7 Å². The molecule has 0 aliphatic carbocycles. The van der Waals surface area contributed by atoms with Crippen LogP contribution in [0.1, 0.15) is 18.2 Å². The molecule has 0 radical (unpaired) electrons. The van der Waals surface area contributed by atoms with Crippen LogP contribution in [0.15, 0.2) is 17.3 Å². The zero-order chi connectivity index (χ0) is 13.0. The van der Waals surface area contributed by atoms with Gasteiger partial charge >= 0.3 is 0 Å². The normalized spacial score (nSPS) is 13.5. The van der Waals surface area contributed by atoms with Crippen molar-refractivity contribution in [3.8, 4) is 0 Å². The standard InChI is InChI=1S/C11H18N4O2/c1-7-4-9(11(12)14-17)5-10(13-7)15(3)6-8(2)16/h4-5,8,16-17H,6H2,1-3H3,(H2,12,14). The Labute approximate surface area is 100 Å². The number of aromatic nitrogens is 1. The molecule has 0 saturated carbocycles. The zero-order valence-electron chi connectivity index (χ0n) is 10.3. The highest BCUT2D eigenvalue weighted by Gasteiger charge is 2.09. The number of likely N-dealkylation sites (N-methyl/N-ethyl adjacent to an activating group) is 1. The quantitative estimate of drug-likeness (QED) is 0.303. The van der Waals surface area contributed by atoms with E-state index in [1.165, 1.54) is 0 Å². The number of aliphatic hydroxyl groups excluding tert-OH is 1. The van der Waals surface area contributed by atoms with Crippen LogP contribution in [0.3, 0.4) is 0 Å². The van der Waals surface area contributed by atoms with Crippen LogP contribution in [0.2, 0.25) is 0 Å². The number of hydrogen-bond acceptors (Lipinski definition) is 5. The summed E-state index contributed by atoms with van der Waals surface area (Å²) >= 11 is 0. The smallest absolute Gasteiger partial charge is 0.170 e. The molecule has 94 valence electrons. The molecule has 1 rings (SSSR count). The summed E-state index contributed by atoms with van der Waals surface area (Å²) in [6, 6.07) is 3.44. The molecule has 0 spiro atoms. The lowest BCUT2D eigenvalue weighted by atomic mass is 10.2. The minimum atomic E-state index is -0.449. The molecule has 0 fully saturated rings. The third-order valence-electron chi connectivity index (χ3n) is 2.27. The molecule has 0 aliphatic heterocycles. The van der Waals surface area contributed by atoms with Crippen molar-refractivity contribution in [1.82, 2.24) is 4.98 Å². The maximum atomic E-state index is 9.32. The van der Waals surface area contributed by atoms with E-state index in [-0.39, 0.29) is 5.84 Å². The topological polar surface area (TPSA) is 95.0 Å². The Morgan fingerprint density at radius 3 is 2.76 bits per heavy atom. The first-order chi connectivity index (χ1) is 7.93. The first-order valence-corrected chi connectivity index (χ1v) is 5.30. The molecule has 6 nitrogen and oxygen atoms in total. The van der Waals surface area contributed by atoms with E-state index in [1.807, 2.05) is 18.9 Å². The van der Waals surface area contributed by atoms with Crippen molar-refractivity contribution in [2.24, 2.45) is 10.9 Å². The van der Waals surface area contributed by atoms with Gasteiger partial charge in [0.2, 0.25) is 0 Å². The van der Waals surface area contributed by atoms with Gasteiger partial charge < -0.3 is 20.9 Å². The van der Waals surface area contributed by atoms with Gasteiger partial charge in [-0.1, -0.05) is 5.16 Å². The molecule has 0 aromatic carbocycles. The molecular weight excluding hydrogens is 220 g/mol. The molecule has 1 aromatic heterocycles. The Morgan fingerprint density at radius 1 is 1.59 bits per heavy atom. The maximum Gasteiger partial charge on any atom is 0.170 e. The highest BCUT2D eigenvalue weighted by atomic mass is 16.4. The van der Waals surface area contributed by atoms with Crippen LogP contribution in [0.4, 0.5) is 5.82 Å². The molecule has 1 heterocycles.